The monoisotopic (exact) mass is 1480 g/mol. The zero-order valence-electron chi connectivity index (χ0n) is 59.1. The van der Waals surface area contributed by atoms with Gasteiger partial charge >= 0.3 is 11.9 Å². The predicted molar refractivity (Wildman–Crippen MR) is 370 cm³/mol. The third-order valence-electron chi connectivity index (χ3n) is 17.3. The van der Waals surface area contributed by atoms with Crippen LogP contribution in [-0.2, 0) is 84.8 Å². The van der Waals surface area contributed by atoms with Gasteiger partial charge in [0.2, 0.25) is 76.8 Å². The van der Waals surface area contributed by atoms with Gasteiger partial charge in [-0.1, -0.05) is 44.5 Å². The van der Waals surface area contributed by atoms with E-state index in [2.05, 4.69) is 63.5 Å². The van der Waals surface area contributed by atoms with Crippen LogP contribution in [-0.4, -0.2) is 264 Å². The van der Waals surface area contributed by atoms with Crippen molar-refractivity contribution < 1.29 is 108 Å². The number of benzene rings is 2. The summed E-state index contributed by atoms with van der Waals surface area (Å²) in [4.78, 5) is 208. The number of aliphatic carboxylic acids is 2. The van der Waals surface area contributed by atoms with Crippen LogP contribution < -0.4 is 75.7 Å². The molecular weight excluding hydrogens is 1380 g/mol. The van der Waals surface area contributed by atoms with Crippen LogP contribution in [0.3, 0.4) is 0 Å². The number of nitrogens with two attached hydrogens (primary N) is 3. The first-order valence-corrected chi connectivity index (χ1v) is 34.1. The molecular formula is C66H99N17O22. The molecule has 15 atom stereocenters. The van der Waals surface area contributed by atoms with Crippen LogP contribution in [0.2, 0.25) is 0 Å². The quantitative estimate of drug-likeness (QED) is 0.0167. The molecule has 2 aromatic rings. The van der Waals surface area contributed by atoms with Gasteiger partial charge in [0, 0.05) is 38.9 Å². The number of carboxylic acid groups (broad SMARTS) is 2. The number of likely N-dealkylation sites (tertiary alicyclic amines) is 2. The number of carboxylic acids is 2. The van der Waals surface area contributed by atoms with Crippen molar-refractivity contribution in [2.24, 2.45) is 28.1 Å². The lowest BCUT2D eigenvalue weighted by Gasteiger charge is -2.30. The number of aromatic hydroxyl groups is 2. The summed E-state index contributed by atoms with van der Waals surface area (Å²) in [5, 5.41) is 96.9. The van der Waals surface area contributed by atoms with Crippen LogP contribution in [0.15, 0.2) is 53.5 Å². The minimum absolute atomic E-state index is 0.0367. The molecule has 105 heavy (non-hydrogen) atoms. The van der Waals surface area contributed by atoms with Crippen LogP contribution in [0.4, 0.5) is 0 Å². The molecule has 39 nitrogen and oxygen atoms in total. The molecule has 13 amide bonds. The summed E-state index contributed by atoms with van der Waals surface area (Å²) in [7, 11) is 0. The van der Waals surface area contributed by atoms with Crippen LogP contribution >= 0.6 is 0 Å². The Hall–Kier alpha value is -10.8. The Balaban J connectivity index is 1.43. The predicted octanol–water partition coefficient (Wildman–Crippen LogP) is -7.37. The molecule has 24 N–H and O–H groups in total. The highest BCUT2D eigenvalue weighted by Gasteiger charge is 2.42. The maximum Gasteiger partial charge on any atom is 0.326 e. The number of phenols is 2. The SMILES string of the molecule is CC[C@H](C)[C@H](NC(=O)[C@@H](NC(=O)[C@H](CCC(=O)O)NC(=O)[C@H](CCCN=C(N)N)NC(=O)CNC(=O)[C@H](CO)NC(=O)[C@H](Cc1ccc(O)cc1)NC(=O)[C@H](C)NC(=O)[C@@H]1CCCN1C(=O)CNC(=O)[C@@H]1CCCN1C(=O)[C@@H](NC(=O)[C@H](C)N)[C@@H](C)O)[C@@H](C)O)C(=O)N[C@@H](Cc1ccc(O)cc1)C(=O)O. The second-order valence-corrected chi connectivity index (χ2v) is 25.7. The lowest BCUT2D eigenvalue weighted by Crippen LogP contribution is -2.62. The van der Waals surface area contributed by atoms with Crippen molar-refractivity contribution in [1.29, 1.82) is 0 Å². The molecule has 0 bridgehead atoms. The number of hydrogen-bond donors (Lipinski definition) is 21. The van der Waals surface area contributed by atoms with Crippen molar-refractivity contribution in [3.05, 3.63) is 59.7 Å². The number of amides is 13. The van der Waals surface area contributed by atoms with E-state index in [0.717, 1.165) is 6.92 Å². The van der Waals surface area contributed by atoms with Crippen molar-refractivity contribution in [2.75, 3.05) is 39.3 Å². The topological polar surface area (TPSA) is 627 Å². The van der Waals surface area contributed by atoms with Gasteiger partial charge < -0.3 is 121 Å². The maximum atomic E-state index is 14.1. The van der Waals surface area contributed by atoms with Crippen LogP contribution in [0.5, 0.6) is 11.5 Å². The zero-order valence-corrected chi connectivity index (χ0v) is 59.1. The van der Waals surface area contributed by atoms with E-state index in [1.807, 2.05) is 0 Å². The van der Waals surface area contributed by atoms with Gasteiger partial charge in [0.15, 0.2) is 5.96 Å². The fourth-order valence-corrected chi connectivity index (χ4v) is 11.1. The molecule has 0 aromatic heterocycles. The molecule has 2 aromatic carbocycles. The Kier molecular flexibility index (Phi) is 34.7. The highest BCUT2D eigenvalue weighted by molar-refractivity contribution is 6.00. The van der Waals surface area contributed by atoms with Gasteiger partial charge in [-0.05, 0) is 114 Å². The summed E-state index contributed by atoms with van der Waals surface area (Å²) in [5.41, 5.74) is 17.3. The number of aliphatic hydroxyl groups excluding tert-OH is 3. The fraction of sp³-hybridized carbons (Fsp3) is 0.576. The van der Waals surface area contributed by atoms with Crippen LogP contribution in [0, 0.1) is 5.92 Å². The summed E-state index contributed by atoms with van der Waals surface area (Å²) < 4.78 is 0. The maximum absolute atomic E-state index is 14.1. The number of carbonyl (C=O) groups excluding carboxylic acids is 13. The molecule has 2 aliphatic heterocycles. The largest absolute Gasteiger partial charge is 0.508 e. The minimum atomic E-state index is -1.90. The van der Waals surface area contributed by atoms with Crippen molar-refractivity contribution in [1.82, 2.24) is 68.3 Å². The number of nitrogens with one attached hydrogen (secondary N) is 11. The molecule has 2 fully saturated rings. The number of hydrogen-bond acceptors (Lipinski definition) is 22. The molecule has 0 aliphatic carbocycles. The van der Waals surface area contributed by atoms with Crippen molar-refractivity contribution in [3.63, 3.8) is 0 Å². The Morgan fingerprint density at radius 1 is 0.533 bits per heavy atom. The Morgan fingerprint density at radius 2 is 1.02 bits per heavy atom. The average molecular weight is 1480 g/mol. The summed E-state index contributed by atoms with van der Waals surface area (Å²) >= 11 is 0. The van der Waals surface area contributed by atoms with Crippen LogP contribution in [0.25, 0.3) is 0 Å². The second kappa shape index (κ2) is 42.1. The molecule has 39 heteroatoms. The summed E-state index contributed by atoms with van der Waals surface area (Å²) in [6, 6.07) is -6.89. The molecule has 0 radical (unpaired) electrons. The van der Waals surface area contributed by atoms with Crippen molar-refractivity contribution in [2.45, 2.75) is 197 Å². The number of aliphatic imine (C=N–C) groups is 1. The van der Waals surface area contributed by atoms with Gasteiger partial charge in [-0.15, -0.1) is 0 Å². The number of guanidine groups is 1. The Labute approximate surface area is 604 Å². The van der Waals surface area contributed by atoms with Gasteiger partial charge in [0.05, 0.1) is 37.9 Å². The first-order chi connectivity index (χ1) is 49.5. The number of carbonyl (C=O) groups is 15. The smallest absolute Gasteiger partial charge is 0.326 e. The van der Waals surface area contributed by atoms with Gasteiger partial charge in [-0.25, -0.2) is 4.79 Å². The minimum Gasteiger partial charge on any atom is -0.508 e. The third-order valence-corrected chi connectivity index (χ3v) is 17.3. The van der Waals surface area contributed by atoms with Gasteiger partial charge in [0.25, 0.3) is 0 Å². The molecule has 4 rings (SSSR count). The lowest BCUT2D eigenvalue weighted by molar-refractivity contribution is -0.144. The molecule has 2 aliphatic rings. The lowest BCUT2D eigenvalue weighted by atomic mass is 9.96. The summed E-state index contributed by atoms with van der Waals surface area (Å²) in [6.07, 6.45) is -4.06. The van der Waals surface area contributed by atoms with E-state index in [0.29, 0.717) is 24.0 Å². The normalized spacial score (nSPS) is 17.7. The van der Waals surface area contributed by atoms with E-state index in [1.165, 1.54) is 79.1 Å². The average Bonchev–Trinajstić information content (AvgIpc) is 1.75. The van der Waals surface area contributed by atoms with E-state index >= 15 is 0 Å². The van der Waals surface area contributed by atoms with E-state index in [4.69, 9.17) is 17.2 Å². The van der Waals surface area contributed by atoms with Gasteiger partial charge in [-0.3, -0.25) is 72.1 Å². The molecule has 0 unspecified atom stereocenters. The van der Waals surface area contributed by atoms with Gasteiger partial charge in [0.1, 0.15) is 78.0 Å². The first kappa shape index (κ1) is 86.6. The number of nitrogens with zero attached hydrogens (tertiary/aromatic N) is 3. The van der Waals surface area contributed by atoms with Gasteiger partial charge in [-0.2, -0.15) is 0 Å². The van der Waals surface area contributed by atoms with E-state index < -0.39 is 212 Å². The number of aliphatic hydroxyl groups is 3. The van der Waals surface area contributed by atoms with Crippen molar-refractivity contribution >= 4 is 94.7 Å². The Morgan fingerprint density at radius 3 is 1.55 bits per heavy atom. The Bertz CT molecular complexity index is 3430. The third kappa shape index (κ3) is 27.7. The van der Waals surface area contributed by atoms with E-state index in [-0.39, 0.29) is 82.0 Å². The first-order valence-electron chi connectivity index (χ1n) is 34.1. The number of phenolic OH excluding ortho intramolecular Hbond substituents is 2. The number of rotatable bonds is 41. The molecule has 0 spiro atoms. The molecule has 2 saturated heterocycles. The standard InChI is InChI=1S/C66H99N17O22/c1-7-32(2)51(62(101)77-44(65(104)105)28-38-16-20-40(88)21-17-38)79-63(102)52(35(5)85)80-58(97)42(22-23-50(91)92)75-57(96)41(11-8-24-70-66(68)69)74-48(89)29-71-56(95)45(31-84)78-59(98)43(27-37-14-18-39(87)19-15-37)76-55(94)34(4)73-61(100)47-13-9-25-82(47)49(90)30-72-60(99)46-12-10-26-83(46)64(103)53(36(6)86)81-54(93)33(3)67/h14-21,32-36,41-47,51-53,84-88H,7-13,22-31,67H2,1-6H3,(H,71,95)(H,72,99)(H,73,100)(H,74,89)(H,75,96)(H,76,94)(H,77,101)(H,78,98)(H,79,102)(H,80,97)(H,81,93)(H,91,92)(H,104,105)(H4,68,69,70)/t32-,33-,34-,35+,36+,41-,42-,43-,44-,45-,46-,47-,51-,52-,53-/m0/s1. The summed E-state index contributed by atoms with van der Waals surface area (Å²) in [6.45, 7) is 5.65. The molecule has 0 saturated carbocycles. The van der Waals surface area contributed by atoms with Crippen molar-refractivity contribution in [3.8, 4) is 11.5 Å². The molecule has 2 heterocycles. The highest BCUT2D eigenvalue weighted by atomic mass is 16.4. The fourth-order valence-electron chi connectivity index (χ4n) is 11.1. The highest BCUT2D eigenvalue weighted by Crippen LogP contribution is 2.22. The second-order valence-electron chi connectivity index (χ2n) is 25.7. The zero-order chi connectivity index (χ0) is 78.5. The molecule has 580 valence electrons. The van der Waals surface area contributed by atoms with E-state index in [9.17, 15) is 108 Å². The van der Waals surface area contributed by atoms with E-state index in [1.54, 1.807) is 13.8 Å². The summed E-state index contributed by atoms with van der Waals surface area (Å²) in [5.74, 6) is -16.6. The van der Waals surface area contributed by atoms with Crippen LogP contribution in [0.1, 0.15) is 110 Å².